The van der Waals surface area contributed by atoms with E-state index in [-0.39, 0.29) is 11.1 Å². The van der Waals surface area contributed by atoms with Gasteiger partial charge in [0.2, 0.25) is 0 Å². The molecule has 0 saturated carbocycles. The summed E-state index contributed by atoms with van der Waals surface area (Å²) in [5, 5.41) is 0. The van der Waals surface area contributed by atoms with Crippen LogP contribution in [0.1, 0.15) is 26.5 Å². The Morgan fingerprint density at radius 3 is 2.67 bits per heavy atom. The summed E-state index contributed by atoms with van der Waals surface area (Å²) in [5.74, 6) is 0. The highest BCUT2D eigenvalue weighted by molar-refractivity contribution is 7.71. The molecule has 3 nitrogen and oxygen atoms in total. The molecule has 0 unspecified atom stereocenters. The third kappa shape index (κ3) is 2.65. The van der Waals surface area contributed by atoms with Crippen molar-refractivity contribution in [2.75, 3.05) is 0 Å². The van der Waals surface area contributed by atoms with Gasteiger partial charge in [-0.05, 0) is 6.07 Å². The third-order valence-corrected chi connectivity index (χ3v) is 2.33. The minimum absolute atomic E-state index is 0.106. The van der Waals surface area contributed by atoms with E-state index in [1.54, 1.807) is 10.6 Å². The number of nitrogens with zero attached hydrogens (tertiary/aromatic N) is 1. The van der Waals surface area contributed by atoms with Crippen LogP contribution in [-0.2, 0) is 12.0 Å². The van der Waals surface area contributed by atoms with Crippen molar-refractivity contribution in [2.45, 2.75) is 32.7 Å². The fourth-order valence-corrected chi connectivity index (χ4v) is 1.65. The number of hydrogen-bond donors (Lipinski definition) is 1. The molecule has 1 aromatic heterocycles. The Kier molecular flexibility index (Phi) is 3.29. The number of aromatic amines is 1. The number of aromatic nitrogens is 2. The third-order valence-electron chi connectivity index (χ3n) is 2.11. The van der Waals surface area contributed by atoms with Crippen molar-refractivity contribution >= 4 is 12.2 Å². The van der Waals surface area contributed by atoms with Crippen LogP contribution in [-0.4, -0.2) is 9.55 Å². The van der Waals surface area contributed by atoms with E-state index in [4.69, 9.17) is 12.2 Å². The molecule has 1 N–H and O–H groups in total. The Balaban J connectivity index is 3.54. The quantitative estimate of drug-likeness (QED) is 0.618. The Labute approximate surface area is 94.5 Å². The second kappa shape index (κ2) is 4.14. The van der Waals surface area contributed by atoms with Gasteiger partial charge < -0.3 is 0 Å². The summed E-state index contributed by atoms with van der Waals surface area (Å²) in [6.07, 6.45) is 1.70. The highest BCUT2D eigenvalue weighted by Gasteiger charge is 2.18. The average molecular weight is 224 g/mol. The van der Waals surface area contributed by atoms with Gasteiger partial charge in [0.15, 0.2) is 0 Å². The zero-order chi connectivity index (χ0) is 11.6. The summed E-state index contributed by atoms with van der Waals surface area (Å²) in [5.41, 5.74) is 0.647. The van der Waals surface area contributed by atoms with Crippen LogP contribution in [0.5, 0.6) is 0 Å². The van der Waals surface area contributed by atoms with Gasteiger partial charge in [0.05, 0.1) is 0 Å². The molecule has 1 rings (SSSR count). The first-order valence-corrected chi connectivity index (χ1v) is 5.22. The molecule has 82 valence electrons. The van der Waals surface area contributed by atoms with E-state index in [0.717, 1.165) is 5.69 Å². The molecular formula is C11H16N2OS. The number of hydrogen-bond acceptors (Lipinski definition) is 2. The molecule has 0 aliphatic heterocycles. The summed E-state index contributed by atoms with van der Waals surface area (Å²) < 4.78 is 2.13. The summed E-state index contributed by atoms with van der Waals surface area (Å²) in [6, 6.07) is 1.83. The van der Waals surface area contributed by atoms with Gasteiger partial charge in [-0.3, -0.25) is 9.55 Å². The molecule has 1 heterocycles. The zero-order valence-electron chi connectivity index (χ0n) is 9.33. The minimum Gasteiger partial charge on any atom is -0.298 e. The summed E-state index contributed by atoms with van der Waals surface area (Å²) >= 11 is 5.00. The fraction of sp³-hybridized carbons (Fsp3) is 0.455. The predicted molar refractivity (Wildman–Crippen MR) is 64.8 cm³/mol. The molecule has 0 radical (unpaired) electrons. The van der Waals surface area contributed by atoms with Crippen LogP contribution < -0.4 is 5.69 Å². The first-order valence-electron chi connectivity index (χ1n) is 4.82. The smallest absolute Gasteiger partial charge is 0.298 e. The van der Waals surface area contributed by atoms with Crippen LogP contribution in [0.2, 0.25) is 0 Å². The maximum absolute atomic E-state index is 11.7. The standard InChI is InChI=1S/C11H16N2OS/c1-5-6-13-8(11(2,3)4)7-9(15)12-10(13)14/h5,7H,1,6H2,2-4H3,(H,12,14,15). The largest absolute Gasteiger partial charge is 0.327 e. The number of rotatable bonds is 2. The first-order chi connectivity index (χ1) is 6.86. The number of nitrogens with one attached hydrogen (secondary N) is 1. The maximum atomic E-state index is 11.7. The van der Waals surface area contributed by atoms with Crippen molar-refractivity contribution < 1.29 is 0 Å². The van der Waals surface area contributed by atoms with Gasteiger partial charge in [-0.25, -0.2) is 4.79 Å². The van der Waals surface area contributed by atoms with E-state index in [0.29, 0.717) is 11.2 Å². The van der Waals surface area contributed by atoms with Crippen molar-refractivity contribution in [2.24, 2.45) is 0 Å². The molecule has 1 aromatic rings. The van der Waals surface area contributed by atoms with E-state index in [1.807, 2.05) is 6.07 Å². The molecule has 0 aromatic carbocycles. The van der Waals surface area contributed by atoms with Gasteiger partial charge >= 0.3 is 5.69 Å². The lowest BCUT2D eigenvalue weighted by Crippen LogP contribution is -2.31. The van der Waals surface area contributed by atoms with Crippen molar-refractivity contribution in [1.29, 1.82) is 0 Å². The van der Waals surface area contributed by atoms with Gasteiger partial charge in [0, 0.05) is 17.7 Å². The second-order valence-electron chi connectivity index (χ2n) is 4.47. The Morgan fingerprint density at radius 1 is 1.60 bits per heavy atom. The topological polar surface area (TPSA) is 37.8 Å². The van der Waals surface area contributed by atoms with Crippen LogP contribution in [0.3, 0.4) is 0 Å². The van der Waals surface area contributed by atoms with E-state index in [2.05, 4.69) is 32.3 Å². The van der Waals surface area contributed by atoms with E-state index >= 15 is 0 Å². The second-order valence-corrected chi connectivity index (χ2v) is 4.91. The van der Waals surface area contributed by atoms with E-state index in [9.17, 15) is 4.79 Å². The van der Waals surface area contributed by atoms with Crippen molar-refractivity contribution in [3.05, 3.63) is 39.5 Å². The average Bonchev–Trinajstić information content (AvgIpc) is 2.07. The Hall–Kier alpha value is -1.16. The van der Waals surface area contributed by atoms with Crippen molar-refractivity contribution in [3.8, 4) is 0 Å². The molecule has 0 fully saturated rings. The highest BCUT2D eigenvalue weighted by atomic mass is 32.1. The van der Waals surface area contributed by atoms with Crippen LogP contribution in [0, 0.1) is 4.64 Å². The van der Waals surface area contributed by atoms with Gasteiger partial charge in [-0.2, -0.15) is 0 Å². The minimum atomic E-state index is -0.174. The molecule has 0 atom stereocenters. The van der Waals surface area contributed by atoms with Gasteiger partial charge in [0.1, 0.15) is 4.64 Å². The maximum Gasteiger partial charge on any atom is 0.327 e. The molecule has 4 heteroatoms. The number of H-pyrrole nitrogens is 1. The lowest BCUT2D eigenvalue weighted by atomic mass is 9.91. The summed E-state index contributed by atoms with van der Waals surface area (Å²) in [4.78, 5) is 14.3. The Morgan fingerprint density at radius 2 is 2.20 bits per heavy atom. The molecular weight excluding hydrogens is 208 g/mol. The van der Waals surface area contributed by atoms with E-state index < -0.39 is 0 Å². The van der Waals surface area contributed by atoms with Crippen LogP contribution >= 0.6 is 12.2 Å². The fourth-order valence-electron chi connectivity index (χ4n) is 1.45. The highest BCUT2D eigenvalue weighted by Crippen LogP contribution is 2.20. The van der Waals surface area contributed by atoms with Crippen LogP contribution in [0.25, 0.3) is 0 Å². The molecule has 0 aliphatic rings. The zero-order valence-corrected chi connectivity index (χ0v) is 10.1. The van der Waals surface area contributed by atoms with Crippen LogP contribution in [0.4, 0.5) is 0 Å². The molecule has 0 saturated heterocycles. The normalized spacial score (nSPS) is 11.4. The summed E-state index contributed by atoms with van der Waals surface area (Å²) in [7, 11) is 0. The first kappa shape index (κ1) is 11.9. The monoisotopic (exact) mass is 224 g/mol. The van der Waals surface area contributed by atoms with Crippen LogP contribution in [0.15, 0.2) is 23.5 Å². The predicted octanol–water partition coefficient (Wildman–Crippen LogP) is 2.39. The molecule has 0 spiro atoms. The van der Waals surface area contributed by atoms with Crippen molar-refractivity contribution in [3.63, 3.8) is 0 Å². The molecule has 0 amide bonds. The van der Waals surface area contributed by atoms with Gasteiger partial charge in [-0.15, -0.1) is 6.58 Å². The van der Waals surface area contributed by atoms with Gasteiger partial charge in [-0.1, -0.05) is 39.1 Å². The molecule has 15 heavy (non-hydrogen) atoms. The Bertz CT molecular complexity index is 477. The van der Waals surface area contributed by atoms with Crippen molar-refractivity contribution in [1.82, 2.24) is 9.55 Å². The molecule has 0 bridgehead atoms. The SMILES string of the molecule is C=CCn1c(C(C)(C)C)cc(=S)[nH]c1=O. The lowest BCUT2D eigenvalue weighted by Gasteiger charge is -2.23. The summed E-state index contributed by atoms with van der Waals surface area (Å²) in [6.45, 7) is 10.3. The lowest BCUT2D eigenvalue weighted by molar-refractivity contribution is 0.512. The van der Waals surface area contributed by atoms with E-state index in [1.165, 1.54) is 0 Å². The molecule has 0 aliphatic carbocycles. The number of allylic oxidation sites excluding steroid dienone is 1. The van der Waals surface area contributed by atoms with Gasteiger partial charge in [0.25, 0.3) is 0 Å².